The van der Waals surface area contributed by atoms with Crippen molar-refractivity contribution < 1.29 is 0 Å². The molecule has 0 bridgehead atoms. The summed E-state index contributed by atoms with van der Waals surface area (Å²) in [5, 5.41) is 2.95. The molecule has 1 atom stereocenters. The van der Waals surface area contributed by atoms with Gasteiger partial charge in [-0.3, -0.25) is 4.90 Å². The Morgan fingerprint density at radius 1 is 1.56 bits per heavy atom. The highest BCUT2D eigenvalue weighted by atomic mass is 32.2. The lowest BCUT2D eigenvalue weighted by Crippen LogP contribution is -2.36. The summed E-state index contributed by atoms with van der Waals surface area (Å²) in [6.07, 6.45) is 1.28. The van der Waals surface area contributed by atoms with Gasteiger partial charge in [-0.15, -0.1) is 11.3 Å². The van der Waals surface area contributed by atoms with Crippen LogP contribution in [0.1, 0.15) is 23.8 Å². The Hall–Kier alpha value is -0.470. The van der Waals surface area contributed by atoms with E-state index in [0.29, 0.717) is 6.54 Å². The number of nitrogens with zero attached hydrogens (tertiary/aromatic N) is 1. The lowest BCUT2D eigenvalue weighted by Gasteiger charge is -2.31. The van der Waals surface area contributed by atoms with Crippen molar-refractivity contribution in [1.82, 2.24) is 4.90 Å². The van der Waals surface area contributed by atoms with Crippen LogP contribution < -0.4 is 5.73 Å². The van der Waals surface area contributed by atoms with Crippen LogP contribution in [-0.2, 0) is 6.54 Å². The molecule has 1 aliphatic heterocycles. The molecule has 1 aromatic rings. The molecule has 98 valence electrons. The molecule has 2 nitrogen and oxygen atoms in total. The van der Waals surface area contributed by atoms with Crippen LogP contribution >= 0.6 is 23.1 Å². The minimum atomic E-state index is 0.437. The molecule has 2 N–H and O–H groups in total. The highest BCUT2D eigenvalue weighted by Gasteiger charge is 2.19. The monoisotopic (exact) mass is 280 g/mol. The van der Waals surface area contributed by atoms with E-state index in [9.17, 15) is 0 Å². The van der Waals surface area contributed by atoms with Gasteiger partial charge < -0.3 is 5.73 Å². The number of hydrogen-bond donors (Lipinski definition) is 1. The Balaban J connectivity index is 1.90. The maximum Gasteiger partial charge on any atom is 0.0555 e. The fourth-order valence-corrected chi connectivity index (χ4v) is 4.18. The lowest BCUT2D eigenvalue weighted by molar-refractivity contribution is 0.275. The molecule has 18 heavy (non-hydrogen) atoms. The molecule has 1 aliphatic rings. The summed E-state index contributed by atoms with van der Waals surface area (Å²) in [6.45, 7) is 6.23. The number of hydrogen-bond acceptors (Lipinski definition) is 4. The van der Waals surface area contributed by atoms with E-state index in [-0.39, 0.29) is 0 Å². The van der Waals surface area contributed by atoms with Gasteiger partial charge in [0.1, 0.15) is 0 Å². The summed E-state index contributed by atoms with van der Waals surface area (Å²) in [5.74, 6) is 7.27. The first kappa shape index (κ1) is 14.0. The van der Waals surface area contributed by atoms with Gasteiger partial charge in [-0.05, 0) is 12.5 Å². The quantitative estimate of drug-likeness (QED) is 0.862. The topological polar surface area (TPSA) is 29.3 Å². The third kappa shape index (κ3) is 4.03. The van der Waals surface area contributed by atoms with Crippen LogP contribution in [0, 0.1) is 11.8 Å². The Morgan fingerprint density at radius 2 is 2.44 bits per heavy atom. The van der Waals surface area contributed by atoms with E-state index in [2.05, 4.69) is 46.9 Å². The summed E-state index contributed by atoms with van der Waals surface area (Å²) in [4.78, 5) is 3.98. The van der Waals surface area contributed by atoms with Gasteiger partial charge in [0.25, 0.3) is 0 Å². The smallest absolute Gasteiger partial charge is 0.0555 e. The molecule has 2 rings (SSSR count). The van der Waals surface area contributed by atoms with Crippen LogP contribution in [0.4, 0.5) is 0 Å². The average Bonchev–Trinajstić information content (AvgIpc) is 2.84. The first-order valence-electron chi connectivity index (χ1n) is 6.42. The van der Waals surface area contributed by atoms with E-state index >= 15 is 0 Å². The number of thioether (sulfide) groups is 1. The third-order valence-electron chi connectivity index (χ3n) is 3.05. The molecular formula is C14H20N2S2. The molecule has 1 aromatic heterocycles. The third-order valence-corrected chi connectivity index (χ3v) is 5.34. The summed E-state index contributed by atoms with van der Waals surface area (Å²) in [5.41, 5.74) is 6.49. The summed E-state index contributed by atoms with van der Waals surface area (Å²) in [6, 6.07) is 2.20. The predicted molar refractivity (Wildman–Crippen MR) is 82.1 cm³/mol. The van der Waals surface area contributed by atoms with Crippen LogP contribution in [0.25, 0.3) is 0 Å². The molecule has 0 aliphatic carbocycles. The van der Waals surface area contributed by atoms with Gasteiger partial charge in [-0.25, -0.2) is 0 Å². The van der Waals surface area contributed by atoms with Crippen molar-refractivity contribution in [3.8, 4) is 11.8 Å². The van der Waals surface area contributed by atoms with Crippen LogP contribution in [0.3, 0.4) is 0 Å². The molecule has 0 spiro atoms. The second-order valence-corrected chi connectivity index (χ2v) is 6.85. The van der Waals surface area contributed by atoms with Gasteiger partial charge in [-0.1, -0.05) is 18.8 Å². The fourth-order valence-electron chi connectivity index (χ4n) is 2.07. The Morgan fingerprint density at radius 3 is 3.22 bits per heavy atom. The second-order valence-electron chi connectivity index (χ2n) is 4.44. The van der Waals surface area contributed by atoms with E-state index in [4.69, 9.17) is 5.73 Å². The molecule has 0 saturated carbocycles. The minimum absolute atomic E-state index is 0.437. The summed E-state index contributed by atoms with van der Waals surface area (Å²) >= 11 is 3.93. The molecule has 1 saturated heterocycles. The van der Waals surface area contributed by atoms with Crippen molar-refractivity contribution in [2.24, 2.45) is 5.73 Å². The van der Waals surface area contributed by atoms with E-state index in [0.717, 1.165) is 17.4 Å². The zero-order valence-electron chi connectivity index (χ0n) is 10.8. The molecule has 0 aromatic carbocycles. The molecular weight excluding hydrogens is 260 g/mol. The normalized spacial score (nSPS) is 20.4. The molecule has 2 heterocycles. The highest BCUT2D eigenvalue weighted by molar-refractivity contribution is 8.00. The van der Waals surface area contributed by atoms with Crippen LogP contribution in [0.5, 0.6) is 0 Å². The Kier molecular flexibility index (Phi) is 5.58. The van der Waals surface area contributed by atoms with Crippen molar-refractivity contribution in [2.45, 2.75) is 25.1 Å². The lowest BCUT2D eigenvalue weighted by atomic mass is 10.2. The summed E-state index contributed by atoms with van der Waals surface area (Å²) < 4.78 is 0. The van der Waals surface area contributed by atoms with Gasteiger partial charge in [0.15, 0.2) is 0 Å². The number of rotatable bonds is 3. The van der Waals surface area contributed by atoms with Gasteiger partial charge >= 0.3 is 0 Å². The van der Waals surface area contributed by atoms with Gasteiger partial charge in [0.05, 0.1) is 6.54 Å². The first-order chi connectivity index (χ1) is 8.81. The van der Waals surface area contributed by atoms with Crippen molar-refractivity contribution >= 4 is 23.1 Å². The minimum Gasteiger partial charge on any atom is -0.320 e. The average molecular weight is 280 g/mol. The standard InChI is InChI=1S/C14H20N2S2/c1-2-13-9-16(6-7-17-13)10-14-8-12(11-18-14)4-3-5-15/h8,11,13H,2,5-7,9-10,15H2,1H3. The molecule has 1 fully saturated rings. The first-order valence-corrected chi connectivity index (χ1v) is 8.35. The van der Waals surface area contributed by atoms with Crippen molar-refractivity contribution in [2.75, 3.05) is 25.4 Å². The van der Waals surface area contributed by atoms with Crippen molar-refractivity contribution in [3.05, 3.63) is 21.9 Å². The SMILES string of the molecule is CCC1CN(Cc2cc(C#CCN)cs2)CCS1. The maximum absolute atomic E-state index is 5.38. The molecule has 0 amide bonds. The maximum atomic E-state index is 5.38. The Bertz CT molecular complexity index is 430. The molecule has 4 heteroatoms. The van der Waals surface area contributed by atoms with Gasteiger partial charge in [0.2, 0.25) is 0 Å². The van der Waals surface area contributed by atoms with Gasteiger partial charge in [-0.2, -0.15) is 11.8 Å². The highest BCUT2D eigenvalue weighted by Crippen LogP contribution is 2.24. The zero-order valence-corrected chi connectivity index (χ0v) is 12.4. The van der Waals surface area contributed by atoms with E-state index in [1.807, 2.05) is 11.3 Å². The molecule has 1 unspecified atom stereocenters. The van der Waals surface area contributed by atoms with Crippen molar-refractivity contribution in [1.29, 1.82) is 0 Å². The second kappa shape index (κ2) is 7.20. The molecule has 0 radical (unpaired) electrons. The predicted octanol–water partition coefficient (Wildman–Crippen LogP) is 2.39. The zero-order chi connectivity index (χ0) is 12.8. The van der Waals surface area contributed by atoms with Gasteiger partial charge in [0, 0.05) is 46.5 Å². The van der Waals surface area contributed by atoms with Crippen LogP contribution in [0.15, 0.2) is 11.4 Å². The van der Waals surface area contributed by atoms with E-state index in [1.54, 1.807) is 0 Å². The summed E-state index contributed by atoms with van der Waals surface area (Å²) in [7, 11) is 0. The van der Waals surface area contributed by atoms with E-state index in [1.165, 1.54) is 30.1 Å². The largest absolute Gasteiger partial charge is 0.320 e. The van der Waals surface area contributed by atoms with Crippen LogP contribution in [-0.4, -0.2) is 35.5 Å². The fraction of sp³-hybridized carbons (Fsp3) is 0.571. The Labute approximate surface area is 118 Å². The van der Waals surface area contributed by atoms with E-state index < -0.39 is 0 Å². The van der Waals surface area contributed by atoms with Crippen molar-refractivity contribution in [3.63, 3.8) is 0 Å². The number of thiophene rings is 1. The number of nitrogens with two attached hydrogens (primary N) is 1. The van der Waals surface area contributed by atoms with Crippen LogP contribution in [0.2, 0.25) is 0 Å².